The second kappa shape index (κ2) is 14.2. The summed E-state index contributed by atoms with van der Waals surface area (Å²) >= 11 is 1.43. The van der Waals surface area contributed by atoms with Gasteiger partial charge in [-0.2, -0.15) is 11.8 Å². The van der Waals surface area contributed by atoms with E-state index in [1.807, 2.05) is 6.26 Å². The Morgan fingerprint density at radius 3 is 1.84 bits per heavy atom. The monoisotopic (exact) mass is 464 g/mol. The number of carboxylic acid groups (broad SMARTS) is 1. The first-order chi connectivity index (χ1) is 14.3. The Morgan fingerprint density at radius 2 is 1.42 bits per heavy atom. The third-order valence-corrected chi connectivity index (χ3v) is 5.09. The van der Waals surface area contributed by atoms with Gasteiger partial charge in [0.25, 0.3) is 0 Å². The first-order valence-electron chi connectivity index (χ1n) is 10.1. The molecule has 0 rings (SSSR count). The van der Waals surface area contributed by atoms with E-state index in [4.69, 9.17) is 5.73 Å². The molecule has 0 aliphatic heterocycles. The average Bonchev–Trinajstić information content (AvgIpc) is 2.66. The minimum Gasteiger partial charge on any atom is -0.480 e. The molecule has 0 aliphatic rings. The first-order valence-corrected chi connectivity index (χ1v) is 11.5. The maximum absolute atomic E-state index is 12.7. The summed E-state index contributed by atoms with van der Waals surface area (Å²) in [6, 6.07) is -4.92. The molecule has 0 aliphatic carbocycles. The summed E-state index contributed by atoms with van der Waals surface area (Å²) in [6.45, 7) is 6.21. The smallest absolute Gasteiger partial charge is 0.326 e. The summed E-state index contributed by atoms with van der Waals surface area (Å²) in [5.41, 5.74) is 5.60. The van der Waals surface area contributed by atoms with Crippen LogP contribution in [0.3, 0.4) is 0 Å². The van der Waals surface area contributed by atoms with Gasteiger partial charge in [-0.05, 0) is 44.6 Å². The van der Waals surface area contributed by atoms with Gasteiger partial charge >= 0.3 is 5.97 Å². The van der Waals surface area contributed by atoms with Crippen LogP contribution in [0.2, 0.25) is 0 Å². The van der Waals surface area contributed by atoms with E-state index in [-0.39, 0.29) is 18.8 Å². The molecule has 31 heavy (non-hydrogen) atoms. The van der Waals surface area contributed by atoms with Crippen LogP contribution in [0.5, 0.6) is 0 Å². The maximum atomic E-state index is 12.7. The fraction of sp³-hybridized carbons (Fsp3) is 0.789. The lowest BCUT2D eigenvalue weighted by Crippen LogP contribution is -2.60. The highest BCUT2D eigenvalue weighted by atomic mass is 32.2. The number of carbonyl (C=O) groups excluding carboxylic acids is 3. The van der Waals surface area contributed by atoms with Crippen molar-refractivity contribution in [2.45, 2.75) is 76.9 Å². The lowest BCUT2D eigenvalue weighted by Gasteiger charge is -2.27. The second-order valence-corrected chi connectivity index (χ2v) is 8.85. The third kappa shape index (κ3) is 10.8. The first kappa shape index (κ1) is 29.1. The number of nitrogens with one attached hydrogen (secondary N) is 3. The van der Waals surface area contributed by atoms with Crippen LogP contribution in [-0.4, -0.2) is 87.4 Å². The van der Waals surface area contributed by atoms with Gasteiger partial charge in [-0.15, -0.1) is 0 Å². The largest absolute Gasteiger partial charge is 0.480 e. The molecule has 0 spiro atoms. The van der Waals surface area contributed by atoms with Crippen molar-refractivity contribution in [1.82, 2.24) is 16.0 Å². The molecule has 0 aromatic carbocycles. The molecule has 8 N–H and O–H groups in total. The summed E-state index contributed by atoms with van der Waals surface area (Å²) in [5.74, 6) is -3.06. The summed E-state index contributed by atoms with van der Waals surface area (Å²) < 4.78 is 0. The highest BCUT2D eigenvalue weighted by molar-refractivity contribution is 7.98. The zero-order chi connectivity index (χ0) is 24.3. The van der Waals surface area contributed by atoms with E-state index in [1.54, 1.807) is 13.8 Å². The highest BCUT2D eigenvalue weighted by Crippen LogP contribution is 2.07. The lowest BCUT2D eigenvalue weighted by molar-refractivity contribution is -0.143. The zero-order valence-corrected chi connectivity index (χ0v) is 19.4. The molecular formula is C19H36N4O7S. The quantitative estimate of drug-likeness (QED) is 0.159. The molecular weight excluding hydrogens is 428 g/mol. The van der Waals surface area contributed by atoms with E-state index in [9.17, 15) is 34.5 Å². The van der Waals surface area contributed by atoms with Gasteiger partial charge < -0.3 is 37.0 Å². The van der Waals surface area contributed by atoms with Crippen LogP contribution in [0.1, 0.15) is 40.5 Å². The number of rotatable bonds is 14. The number of carbonyl (C=O) groups is 4. The van der Waals surface area contributed by atoms with Crippen molar-refractivity contribution in [3.05, 3.63) is 0 Å². The fourth-order valence-corrected chi connectivity index (χ4v) is 3.08. The van der Waals surface area contributed by atoms with Crippen LogP contribution in [0, 0.1) is 5.92 Å². The average molecular weight is 465 g/mol. The number of hydrogen-bond donors (Lipinski definition) is 7. The molecule has 0 bridgehead atoms. The highest BCUT2D eigenvalue weighted by Gasteiger charge is 2.33. The van der Waals surface area contributed by atoms with Crippen LogP contribution < -0.4 is 21.7 Å². The SMILES string of the molecule is CSCCC(NC(=O)C(N)C(C)O)C(=O)NC(C(=O)NC(CC(C)C)C(=O)O)C(C)O. The predicted molar refractivity (Wildman–Crippen MR) is 117 cm³/mol. The molecule has 12 heteroatoms. The second-order valence-electron chi connectivity index (χ2n) is 7.86. The molecule has 11 nitrogen and oxygen atoms in total. The number of aliphatic hydroxyl groups excluding tert-OH is 2. The van der Waals surface area contributed by atoms with Crippen LogP contribution in [0.4, 0.5) is 0 Å². The molecule has 6 atom stereocenters. The van der Waals surface area contributed by atoms with Crippen molar-refractivity contribution < 1.29 is 34.5 Å². The van der Waals surface area contributed by atoms with Crippen LogP contribution in [0.25, 0.3) is 0 Å². The number of amides is 3. The van der Waals surface area contributed by atoms with Gasteiger partial charge in [0.2, 0.25) is 17.7 Å². The Balaban J connectivity index is 5.38. The van der Waals surface area contributed by atoms with Gasteiger partial charge in [-0.25, -0.2) is 4.79 Å². The molecule has 0 fully saturated rings. The molecule has 3 amide bonds. The Bertz CT molecular complexity index is 616. The predicted octanol–water partition coefficient (Wildman–Crippen LogP) is -1.59. The van der Waals surface area contributed by atoms with E-state index < -0.39 is 60.1 Å². The molecule has 0 saturated carbocycles. The van der Waals surface area contributed by atoms with E-state index in [1.165, 1.54) is 25.6 Å². The lowest BCUT2D eigenvalue weighted by atomic mass is 10.0. The minimum absolute atomic E-state index is 0.00903. The zero-order valence-electron chi connectivity index (χ0n) is 18.6. The number of hydrogen-bond acceptors (Lipinski definition) is 8. The molecule has 0 heterocycles. The third-order valence-electron chi connectivity index (χ3n) is 4.45. The standard InChI is InChI=1S/C19H36N4O7S/c1-9(2)8-13(19(29)30)22-18(28)15(11(4)25)23-16(26)12(6-7-31-5)21-17(27)14(20)10(3)24/h9-15,24-25H,6-8,20H2,1-5H3,(H,21,27)(H,22,28)(H,23,26)(H,29,30). The summed E-state index contributed by atoms with van der Waals surface area (Å²) in [7, 11) is 0. The molecule has 0 aromatic rings. The van der Waals surface area contributed by atoms with E-state index >= 15 is 0 Å². The molecule has 6 unspecified atom stereocenters. The van der Waals surface area contributed by atoms with Crippen LogP contribution >= 0.6 is 11.8 Å². The van der Waals surface area contributed by atoms with Crippen molar-refractivity contribution in [3.8, 4) is 0 Å². The van der Waals surface area contributed by atoms with Crippen molar-refractivity contribution in [3.63, 3.8) is 0 Å². The number of nitrogens with two attached hydrogens (primary N) is 1. The molecule has 0 aromatic heterocycles. The normalized spacial score (nSPS) is 17.1. The molecule has 180 valence electrons. The van der Waals surface area contributed by atoms with Gasteiger partial charge in [0, 0.05) is 0 Å². The van der Waals surface area contributed by atoms with E-state index in [0.717, 1.165) is 0 Å². The number of carboxylic acids is 1. The van der Waals surface area contributed by atoms with Gasteiger partial charge in [-0.1, -0.05) is 13.8 Å². The maximum Gasteiger partial charge on any atom is 0.326 e. The Kier molecular flexibility index (Phi) is 13.4. The van der Waals surface area contributed by atoms with Crippen LogP contribution in [-0.2, 0) is 19.2 Å². The van der Waals surface area contributed by atoms with Crippen molar-refractivity contribution in [1.29, 1.82) is 0 Å². The van der Waals surface area contributed by atoms with Crippen molar-refractivity contribution in [2.24, 2.45) is 11.7 Å². The molecule has 0 saturated heterocycles. The fourth-order valence-electron chi connectivity index (χ4n) is 2.60. The minimum atomic E-state index is -1.43. The number of aliphatic hydroxyl groups is 2. The number of thioether (sulfide) groups is 1. The summed E-state index contributed by atoms with van der Waals surface area (Å²) in [4.78, 5) is 48.9. The Labute approximate surface area is 186 Å². The summed E-state index contributed by atoms with van der Waals surface area (Å²) in [6.07, 6.45) is -0.260. The van der Waals surface area contributed by atoms with Gasteiger partial charge in [-0.3, -0.25) is 14.4 Å². The summed E-state index contributed by atoms with van der Waals surface area (Å²) in [5, 5.41) is 35.9. The van der Waals surface area contributed by atoms with Gasteiger partial charge in [0.15, 0.2) is 0 Å². The van der Waals surface area contributed by atoms with E-state index in [2.05, 4.69) is 16.0 Å². The van der Waals surface area contributed by atoms with Crippen molar-refractivity contribution >= 4 is 35.5 Å². The van der Waals surface area contributed by atoms with Crippen molar-refractivity contribution in [2.75, 3.05) is 12.0 Å². The Hall–Kier alpha value is -1.89. The van der Waals surface area contributed by atoms with Gasteiger partial charge in [0.1, 0.15) is 24.2 Å². The Morgan fingerprint density at radius 1 is 0.871 bits per heavy atom. The van der Waals surface area contributed by atoms with Gasteiger partial charge in [0.05, 0.1) is 12.2 Å². The molecule has 0 radical (unpaired) electrons. The van der Waals surface area contributed by atoms with E-state index in [0.29, 0.717) is 5.75 Å². The number of aliphatic carboxylic acids is 1. The van der Waals surface area contributed by atoms with Crippen LogP contribution in [0.15, 0.2) is 0 Å². The topological polar surface area (TPSA) is 191 Å².